The molecule has 0 spiro atoms. The summed E-state index contributed by atoms with van der Waals surface area (Å²) in [4.78, 5) is 4.21. The van der Waals surface area contributed by atoms with Crippen molar-refractivity contribution in [3.8, 4) is 11.3 Å². The molecule has 0 fully saturated rings. The fourth-order valence-electron chi connectivity index (χ4n) is 2.70. The number of benzene rings is 1. The van der Waals surface area contributed by atoms with Crippen LogP contribution in [0.1, 0.15) is 17.5 Å². The highest BCUT2D eigenvalue weighted by atomic mass is 15.2. The third kappa shape index (κ3) is 1.44. The molecule has 88 valence electrons. The fraction of sp³-hybridized carbons (Fsp3) is 0.200. The van der Waals surface area contributed by atoms with Gasteiger partial charge in [0.25, 0.3) is 0 Å². The summed E-state index contributed by atoms with van der Waals surface area (Å²) in [6, 6.07) is 10.8. The number of aromatic nitrogens is 3. The second kappa shape index (κ2) is 3.67. The van der Waals surface area contributed by atoms with Crippen LogP contribution >= 0.6 is 0 Å². The Hall–Kier alpha value is -2.16. The molecule has 0 unspecified atom stereocenters. The van der Waals surface area contributed by atoms with Crippen molar-refractivity contribution in [1.29, 1.82) is 0 Å². The lowest BCUT2D eigenvalue weighted by Gasteiger charge is -2.05. The highest BCUT2D eigenvalue weighted by molar-refractivity contribution is 5.62. The number of nitrogens with zero attached hydrogens (tertiary/aromatic N) is 3. The maximum absolute atomic E-state index is 4.59. The van der Waals surface area contributed by atoms with E-state index in [4.69, 9.17) is 0 Å². The van der Waals surface area contributed by atoms with E-state index in [0.29, 0.717) is 0 Å². The van der Waals surface area contributed by atoms with E-state index < -0.39 is 0 Å². The van der Waals surface area contributed by atoms with Crippen LogP contribution in [0.3, 0.4) is 0 Å². The number of aryl methyl sites for hydroxylation is 2. The maximum Gasteiger partial charge on any atom is 0.153 e. The molecule has 4 rings (SSSR count). The molecular weight excluding hydrogens is 222 g/mol. The van der Waals surface area contributed by atoms with Crippen LogP contribution < -0.4 is 0 Å². The average Bonchev–Trinajstić information content (AvgIpc) is 3.05. The van der Waals surface area contributed by atoms with E-state index in [9.17, 15) is 0 Å². The quantitative estimate of drug-likeness (QED) is 0.649. The van der Waals surface area contributed by atoms with Gasteiger partial charge in [-0.05, 0) is 48.6 Å². The van der Waals surface area contributed by atoms with Crippen molar-refractivity contribution in [2.24, 2.45) is 0 Å². The zero-order chi connectivity index (χ0) is 11.9. The van der Waals surface area contributed by atoms with Gasteiger partial charge in [-0.2, -0.15) is 5.10 Å². The van der Waals surface area contributed by atoms with Gasteiger partial charge >= 0.3 is 0 Å². The van der Waals surface area contributed by atoms with Crippen molar-refractivity contribution in [3.63, 3.8) is 0 Å². The number of fused-ring (bicyclic) bond motifs is 2. The number of hydrogen-bond donors (Lipinski definition) is 0. The predicted octanol–water partition coefficient (Wildman–Crippen LogP) is 2.89. The molecule has 2 aromatic heterocycles. The lowest BCUT2D eigenvalue weighted by Crippen LogP contribution is -1.94. The van der Waals surface area contributed by atoms with E-state index in [2.05, 4.69) is 28.3 Å². The lowest BCUT2D eigenvalue weighted by atomic mass is 10.0. The van der Waals surface area contributed by atoms with Crippen molar-refractivity contribution in [1.82, 2.24) is 14.6 Å². The molecule has 0 aliphatic heterocycles. The van der Waals surface area contributed by atoms with E-state index in [1.807, 2.05) is 22.8 Å². The second-order valence-corrected chi connectivity index (χ2v) is 4.79. The summed E-state index contributed by atoms with van der Waals surface area (Å²) < 4.78 is 1.82. The topological polar surface area (TPSA) is 30.2 Å². The smallest absolute Gasteiger partial charge is 0.153 e. The maximum atomic E-state index is 4.59. The summed E-state index contributed by atoms with van der Waals surface area (Å²) in [6.45, 7) is 0. The summed E-state index contributed by atoms with van der Waals surface area (Å²) >= 11 is 0. The van der Waals surface area contributed by atoms with E-state index in [1.165, 1.54) is 36.0 Å². The number of hydrogen-bond acceptors (Lipinski definition) is 2. The van der Waals surface area contributed by atoms with Crippen molar-refractivity contribution < 1.29 is 0 Å². The first kappa shape index (κ1) is 9.83. The first-order chi connectivity index (χ1) is 8.90. The molecule has 1 aliphatic rings. The Morgan fingerprint density at radius 3 is 2.94 bits per heavy atom. The minimum Gasteiger partial charge on any atom is -0.236 e. The third-order valence-corrected chi connectivity index (χ3v) is 3.65. The summed E-state index contributed by atoms with van der Waals surface area (Å²) in [7, 11) is 0. The molecule has 0 bridgehead atoms. The standard InChI is InChI=1S/C15H13N3/c1-2-11-4-5-13(10-12(11)3-1)14-6-7-15-16-8-9-18(15)17-14/h4-10H,1-3H2. The van der Waals surface area contributed by atoms with Gasteiger partial charge in [0, 0.05) is 18.0 Å². The van der Waals surface area contributed by atoms with Crippen molar-refractivity contribution >= 4 is 5.65 Å². The highest BCUT2D eigenvalue weighted by Crippen LogP contribution is 2.27. The highest BCUT2D eigenvalue weighted by Gasteiger charge is 2.12. The van der Waals surface area contributed by atoms with Gasteiger partial charge in [0.05, 0.1) is 5.69 Å². The molecule has 18 heavy (non-hydrogen) atoms. The molecule has 3 aromatic rings. The van der Waals surface area contributed by atoms with Gasteiger partial charge in [0.2, 0.25) is 0 Å². The predicted molar refractivity (Wildman–Crippen MR) is 70.4 cm³/mol. The lowest BCUT2D eigenvalue weighted by molar-refractivity contribution is 0.911. The normalized spacial score (nSPS) is 14.0. The van der Waals surface area contributed by atoms with Crippen LogP contribution in [0.4, 0.5) is 0 Å². The Labute approximate surface area is 105 Å². The molecule has 3 heteroatoms. The van der Waals surface area contributed by atoms with Crippen LogP contribution in [0.2, 0.25) is 0 Å². The van der Waals surface area contributed by atoms with Crippen LogP contribution in [0.25, 0.3) is 16.9 Å². The van der Waals surface area contributed by atoms with Crippen molar-refractivity contribution in [2.45, 2.75) is 19.3 Å². The largest absolute Gasteiger partial charge is 0.236 e. The Balaban J connectivity index is 1.86. The van der Waals surface area contributed by atoms with Crippen LogP contribution in [0, 0.1) is 0 Å². The molecular formula is C15H13N3. The van der Waals surface area contributed by atoms with E-state index in [0.717, 1.165) is 11.3 Å². The van der Waals surface area contributed by atoms with E-state index in [1.54, 1.807) is 6.20 Å². The van der Waals surface area contributed by atoms with Crippen molar-refractivity contribution in [3.05, 3.63) is 53.9 Å². The molecule has 0 saturated carbocycles. The van der Waals surface area contributed by atoms with Crippen LogP contribution in [0.15, 0.2) is 42.7 Å². The summed E-state index contributed by atoms with van der Waals surface area (Å²) in [5.41, 5.74) is 6.09. The molecule has 0 N–H and O–H groups in total. The van der Waals surface area contributed by atoms with Crippen LogP contribution in [-0.4, -0.2) is 14.6 Å². The van der Waals surface area contributed by atoms with Gasteiger partial charge in [-0.1, -0.05) is 12.1 Å². The van der Waals surface area contributed by atoms with Crippen molar-refractivity contribution in [2.75, 3.05) is 0 Å². The summed E-state index contributed by atoms with van der Waals surface area (Å²) in [5.74, 6) is 0. The first-order valence-electron chi connectivity index (χ1n) is 6.33. The number of rotatable bonds is 1. The minimum absolute atomic E-state index is 0.889. The molecule has 2 heterocycles. The summed E-state index contributed by atoms with van der Waals surface area (Å²) in [6.07, 6.45) is 7.37. The molecule has 3 nitrogen and oxygen atoms in total. The van der Waals surface area contributed by atoms with E-state index >= 15 is 0 Å². The Morgan fingerprint density at radius 1 is 1.00 bits per heavy atom. The average molecular weight is 235 g/mol. The Kier molecular flexibility index (Phi) is 2.00. The molecule has 1 aliphatic carbocycles. The van der Waals surface area contributed by atoms with Gasteiger partial charge in [-0.15, -0.1) is 0 Å². The van der Waals surface area contributed by atoms with E-state index in [-0.39, 0.29) is 0 Å². The second-order valence-electron chi connectivity index (χ2n) is 4.79. The third-order valence-electron chi connectivity index (χ3n) is 3.65. The molecule has 0 atom stereocenters. The fourth-order valence-corrected chi connectivity index (χ4v) is 2.70. The molecule has 1 aromatic carbocycles. The van der Waals surface area contributed by atoms with Crippen LogP contribution in [0.5, 0.6) is 0 Å². The molecule has 0 radical (unpaired) electrons. The van der Waals surface area contributed by atoms with Gasteiger partial charge < -0.3 is 0 Å². The molecule has 0 amide bonds. The summed E-state index contributed by atoms with van der Waals surface area (Å²) in [5, 5.41) is 4.59. The van der Waals surface area contributed by atoms with Gasteiger partial charge in [-0.3, -0.25) is 0 Å². The minimum atomic E-state index is 0.889. The monoisotopic (exact) mass is 235 g/mol. The van der Waals surface area contributed by atoms with Gasteiger partial charge in [0.1, 0.15) is 0 Å². The number of imidazole rings is 1. The zero-order valence-electron chi connectivity index (χ0n) is 10.0. The molecule has 0 saturated heterocycles. The Morgan fingerprint density at radius 2 is 1.94 bits per heavy atom. The SMILES string of the molecule is c1cn2nc(-c3ccc4c(c3)CCC4)ccc2n1. The van der Waals surface area contributed by atoms with Crippen LogP contribution in [-0.2, 0) is 12.8 Å². The Bertz CT molecular complexity index is 727. The zero-order valence-corrected chi connectivity index (χ0v) is 10.0. The van der Waals surface area contributed by atoms with Gasteiger partial charge in [-0.25, -0.2) is 9.50 Å². The van der Waals surface area contributed by atoms with Gasteiger partial charge in [0.15, 0.2) is 5.65 Å². The first-order valence-corrected chi connectivity index (χ1v) is 6.33.